The lowest BCUT2D eigenvalue weighted by Gasteiger charge is -2.27. The van der Waals surface area contributed by atoms with Crippen LogP contribution in [0.2, 0.25) is 0 Å². The molecule has 0 bridgehead atoms. The number of rotatable bonds is 4. The van der Waals surface area contributed by atoms with E-state index in [-0.39, 0.29) is 24.3 Å². The number of nitrogens with one attached hydrogen (secondary N) is 2. The predicted octanol–water partition coefficient (Wildman–Crippen LogP) is 1.26. The Morgan fingerprint density at radius 1 is 1.28 bits per heavy atom. The molecule has 6 nitrogen and oxygen atoms in total. The number of hydrogen-bond acceptors (Lipinski definition) is 3. The molecule has 6 heteroatoms. The Kier molecular flexibility index (Phi) is 4.69. The number of carboxylic acid groups (broad SMARTS) is 1. The molecule has 1 fully saturated rings. The topological polar surface area (TPSA) is 95.5 Å². The predicted molar refractivity (Wildman–Crippen MR) is 65.0 cm³/mol. The van der Waals surface area contributed by atoms with Crippen molar-refractivity contribution >= 4 is 17.9 Å². The van der Waals surface area contributed by atoms with Gasteiger partial charge in [-0.1, -0.05) is 20.3 Å². The summed E-state index contributed by atoms with van der Waals surface area (Å²) < 4.78 is 0. The van der Waals surface area contributed by atoms with Crippen molar-refractivity contribution in [1.29, 1.82) is 0 Å². The SMILES string of the molecule is CC1(C)CCCC1NC(=O)NC(=O)CCC(=O)O. The van der Waals surface area contributed by atoms with E-state index in [0.29, 0.717) is 0 Å². The van der Waals surface area contributed by atoms with Gasteiger partial charge in [0.15, 0.2) is 0 Å². The van der Waals surface area contributed by atoms with Crippen molar-refractivity contribution in [1.82, 2.24) is 10.6 Å². The summed E-state index contributed by atoms with van der Waals surface area (Å²) in [7, 11) is 0. The van der Waals surface area contributed by atoms with Crippen LogP contribution in [-0.4, -0.2) is 29.1 Å². The molecule has 1 atom stereocenters. The average Bonchev–Trinajstić information content (AvgIpc) is 2.55. The minimum absolute atomic E-state index is 0.0431. The number of aliphatic carboxylic acids is 1. The van der Waals surface area contributed by atoms with Crippen LogP contribution >= 0.6 is 0 Å². The largest absolute Gasteiger partial charge is 0.481 e. The van der Waals surface area contributed by atoms with E-state index in [2.05, 4.69) is 24.5 Å². The maximum Gasteiger partial charge on any atom is 0.321 e. The number of urea groups is 1. The zero-order chi connectivity index (χ0) is 13.8. The first-order valence-corrected chi connectivity index (χ1v) is 6.13. The van der Waals surface area contributed by atoms with E-state index in [1.165, 1.54) is 0 Å². The Balaban J connectivity index is 2.33. The van der Waals surface area contributed by atoms with Crippen molar-refractivity contribution in [2.45, 2.75) is 52.0 Å². The Bertz CT molecular complexity index is 352. The van der Waals surface area contributed by atoms with Crippen molar-refractivity contribution in [2.24, 2.45) is 5.41 Å². The number of carboxylic acids is 1. The summed E-state index contributed by atoms with van der Waals surface area (Å²) in [6.45, 7) is 4.16. The van der Waals surface area contributed by atoms with Gasteiger partial charge in [-0.2, -0.15) is 0 Å². The minimum atomic E-state index is -1.05. The molecule has 0 heterocycles. The third-order valence-electron chi connectivity index (χ3n) is 3.38. The van der Waals surface area contributed by atoms with Crippen LogP contribution in [0.15, 0.2) is 0 Å². The van der Waals surface area contributed by atoms with Crippen molar-refractivity contribution in [3.63, 3.8) is 0 Å². The van der Waals surface area contributed by atoms with Crippen LogP contribution in [0.1, 0.15) is 46.0 Å². The van der Waals surface area contributed by atoms with Gasteiger partial charge in [0, 0.05) is 12.5 Å². The third-order valence-corrected chi connectivity index (χ3v) is 3.38. The van der Waals surface area contributed by atoms with E-state index < -0.39 is 17.9 Å². The van der Waals surface area contributed by atoms with E-state index in [9.17, 15) is 14.4 Å². The number of amides is 3. The lowest BCUT2D eigenvalue weighted by molar-refractivity contribution is -0.138. The van der Waals surface area contributed by atoms with E-state index in [1.54, 1.807) is 0 Å². The fourth-order valence-corrected chi connectivity index (χ4v) is 2.20. The van der Waals surface area contributed by atoms with E-state index in [0.717, 1.165) is 19.3 Å². The summed E-state index contributed by atoms with van der Waals surface area (Å²) in [6.07, 6.45) is 2.56. The van der Waals surface area contributed by atoms with Crippen LogP contribution in [0.3, 0.4) is 0 Å². The number of carbonyl (C=O) groups is 3. The van der Waals surface area contributed by atoms with E-state index >= 15 is 0 Å². The summed E-state index contributed by atoms with van der Waals surface area (Å²) in [5.74, 6) is -1.62. The first kappa shape index (κ1) is 14.5. The highest BCUT2D eigenvalue weighted by Gasteiger charge is 2.35. The molecule has 0 saturated heterocycles. The number of hydrogen-bond donors (Lipinski definition) is 3. The van der Waals surface area contributed by atoms with Gasteiger partial charge in [-0.25, -0.2) is 4.79 Å². The molecule has 0 aliphatic heterocycles. The zero-order valence-corrected chi connectivity index (χ0v) is 10.8. The normalized spacial score (nSPS) is 21.3. The third kappa shape index (κ3) is 4.35. The minimum Gasteiger partial charge on any atom is -0.481 e. The molecule has 0 spiro atoms. The lowest BCUT2D eigenvalue weighted by Crippen LogP contribution is -2.48. The highest BCUT2D eigenvalue weighted by atomic mass is 16.4. The van der Waals surface area contributed by atoms with E-state index in [1.807, 2.05) is 0 Å². The summed E-state index contributed by atoms with van der Waals surface area (Å²) in [6, 6.07) is -0.477. The second-order valence-electron chi connectivity index (χ2n) is 5.35. The first-order chi connectivity index (χ1) is 8.31. The van der Waals surface area contributed by atoms with Crippen LogP contribution < -0.4 is 10.6 Å². The van der Waals surface area contributed by atoms with Gasteiger partial charge in [-0.05, 0) is 18.3 Å². The number of carbonyl (C=O) groups excluding carboxylic acids is 2. The van der Waals surface area contributed by atoms with E-state index in [4.69, 9.17) is 5.11 Å². The standard InChI is InChI=1S/C12H20N2O4/c1-12(2)7-3-4-8(12)13-11(18)14-9(15)5-6-10(16)17/h8H,3-7H2,1-2H3,(H,16,17)(H2,13,14,15,18). The Labute approximate surface area is 106 Å². The Hall–Kier alpha value is -1.59. The van der Waals surface area contributed by atoms with Gasteiger partial charge in [0.2, 0.25) is 5.91 Å². The van der Waals surface area contributed by atoms with Crippen molar-refractivity contribution < 1.29 is 19.5 Å². The van der Waals surface area contributed by atoms with Crippen LogP contribution in [0.4, 0.5) is 4.79 Å². The molecule has 1 rings (SSSR count). The van der Waals surface area contributed by atoms with Crippen LogP contribution in [-0.2, 0) is 9.59 Å². The molecule has 1 unspecified atom stereocenters. The second kappa shape index (κ2) is 5.84. The zero-order valence-electron chi connectivity index (χ0n) is 10.8. The fraction of sp³-hybridized carbons (Fsp3) is 0.750. The van der Waals surface area contributed by atoms with Crippen LogP contribution in [0.5, 0.6) is 0 Å². The highest BCUT2D eigenvalue weighted by molar-refractivity contribution is 5.95. The van der Waals surface area contributed by atoms with Gasteiger partial charge < -0.3 is 10.4 Å². The number of imide groups is 1. The molecule has 0 aromatic heterocycles. The van der Waals surface area contributed by atoms with Gasteiger partial charge in [0.1, 0.15) is 0 Å². The Morgan fingerprint density at radius 3 is 2.44 bits per heavy atom. The summed E-state index contributed by atoms with van der Waals surface area (Å²) >= 11 is 0. The highest BCUT2D eigenvalue weighted by Crippen LogP contribution is 2.36. The maximum absolute atomic E-state index is 11.6. The first-order valence-electron chi connectivity index (χ1n) is 6.13. The second-order valence-corrected chi connectivity index (χ2v) is 5.35. The molecule has 18 heavy (non-hydrogen) atoms. The van der Waals surface area contributed by atoms with Gasteiger partial charge in [0.05, 0.1) is 6.42 Å². The summed E-state index contributed by atoms with van der Waals surface area (Å²) in [5.41, 5.74) is 0.0431. The summed E-state index contributed by atoms with van der Waals surface area (Å²) in [4.78, 5) is 33.1. The van der Waals surface area contributed by atoms with Crippen molar-refractivity contribution in [2.75, 3.05) is 0 Å². The van der Waals surface area contributed by atoms with Gasteiger partial charge in [-0.15, -0.1) is 0 Å². The molecule has 102 valence electrons. The molecule has 0 radical (unpaired) electrons. The van der Waals surface area contributed by atoms with Crippen LogP contribution in [0, 0.1) is 5.41 Å². The molecule has 1 saturated carbocycles. The fourth-order valence-electron chi connectivity index (χ4n) is 2.20. The average molecular weight is 256 g/mol. The van der Waals surface area contributed by atoms with Crippen molar-refractivity contribution in [3.8, 4) is 0 Å². The summed E-state index contributed by atoms with van der Waals surface area (Å²) in [5, 5.41) is 13.3. The maximum atomic E-state index is 11.6. The molecule has 0 aromatic carbocycles. The molecular weight excluding hydrogens is 236 g/mol. The molecule has 3 N–H and O–H groups in total. The molecule has 1 aliphatic rings. The van der Waals surface area contributed by atoms with Crippen molar-refractivity contribution in [3.05, 3.63) is 0 Å². The van der Waals surface area contributed by atoms with Gasteiger partial charge in [0.25, 0.3) is 0 Å². The van der Waals surface area contributed by atoms with Crippen LogP contribution in [0.25, 0.3) is 0 Å². The van der Waals surface area contributed by atoms with Gasteiger partial charge >= 0.3 is 12.0 Å². The molecule has 3 amide bonds. The lowest BCUT2D eigenvalue weighted by atomic mass is 9.87. The molecule has 0 aromatic rings. The quantitative estimate of drug-likeness (QED) is 0.705. The molecular formula is C12H20N2O4. The van der Waals surface area contributed by atoms with Gasteiger partial charge in [-0.3, -0.25) is 14.9 Å². The Morgan fingerprint density at radius 2 is 1.94 bits per heavy atom. The smallest absolute Gasteiger partial charge is 0.321 e. The monoisotopic (exact) mass is 256 g/mol. The molecule has 1 aliphatic carbocycles.